The Kier molecular flexibility index (Phi) is 4.76. The van der Waals surface area contributed by atoms with E-state index in [2.05, 4.69) is 48.6 Å². The average Bonchev–Trinajstić information content (AvgIpc) is 3.33. The molecule has 1 saturated carbocycles. The molecule has 0 spiro atoms. The molecule has 0 bridgehead atoms. The highest BCUT2D eigenvalue weighted by atomic mass is 16.5. The number of fused-ring (bicyclic) bond motifs is 1. The highest BCUT2D eigenvalue weighted by Gasteiger charge is 2.21. The van der Waals surface area contributed by atoms with Crippen LogP contribution in [0.1, 0.15) is 38.2 Å². The van der Waals surface area contributed by atoms with Gasteiger partial charge < -0.3 is 10.1 Å². The van der Waals surface area contributed by atoms with E-state index in [1.807, 2.05) is 0 Å². The lowest BCUT2D eigenvalue weighted by atomic mass is 10.0. The Balaban J connectivity index is 1.79. The van der Waals surface area contributed by atoms with Gasteiger partial charge in [0.05, 0.1) is 6.61 Å². The number of nitrogens with one attached hydrogen (secondary N) is 1. The summed E-state index contributed by atoms with van der Waals surface area (Å²) in [6.45, 7) is 4.98. The van der Waals surface area contributed by atoms with Gasteiger partial charge in [-0.3, -0.25) is 0 Å². The molecule has 21 heavy (non-hydrogen) atoms. The van der Waals surface area contributed by atoms with Gasteiger partial charge in [-0.2, -0.15) is 0 Å². The van der Waals surface area contributed by atoms with Crippen LogP contribution >= 0.6 is 0 Å². The van der Waals surface area contributed by atoms with Crippen molar-refractivity contribution in [3.63, 3.8) is 0 Å². The average molecular weight is 283 g/mol. The minimum Gasteiger partial charge on any atom is -0.493 e. The Hall–Kier alpha value is -1.54. The maximum absolute atomic E-state index is 6.09. The summed E-state index contributed by atoms with van der Waals surface area (Å²) in [6, 6.07) is 12.9. The summed E-state index contributed by atoms with van der Waals surface area (Å²) in [4.78, 5) is 0. The minimum absolute atomic E-state index is 0.851. The van der Waals surface area contributed by atoms with Crippen LogP contribution in [0.5, 0.6) is 5.75 Å². The molecule has 2 nitrogen and oxygen atoms in total. The maximum Gasteiger partial charge on any atom is 0.124 e. The third kappa shape index (κ3) is 3.76. The van der Waals surface area contributed by atoms with E-state index in [-0.39, 0.29) is 0 Å². The summed E-state index contributed by atoms with van der Waals surface area (Å²) in [6.07, 6.45) is 5.15. The van der Waals surface area contributed by atoms with Crippen LogP contribution in [-0.4, -0.2) is 13.2 Å². The normalized spacial score (nSPS) is 14.5. The lowest BCUT2D eigenvalue weighted by Gasteiger charge is -2.15. The van der Waals surface area contributed by atoms with Crippen LogP contribution in [-0.2, 0) is 6.54 Å². The van der Waals surface area contributed by atoms with Gasteiger partial charge in [-0.15, -0.1) is 0 Å². The first-order valence-corrected chi connectivity index (χ1v) is 8.22. The molecule has 0 atom stereocenters. The summed E-state index contributed by atoms with van der Waals surface area (Å²) < 4.78 is 6.09. The number of benzene rings is 2. The Labute approximate surface area is 127 Å². The van der Waals surface area contributed by atoms with Gasteiger partial charge in [0.25, 0.3) is 0 Å². The molecule has 0 aromatic heterocycles. The van der Waals surface area contributed by atoms with Crippen molar-refractivity contribution in [1.29, 1.82) is 0 Å². The van der Waals surface area contributed by atoms with Crippen LogP contribution in [0.4, 0.5) is 0 Å². The van der Waals surface area contributed by atoms with Gasteiger partial charge in [0.1, 0.15) is 5.75 Å². The second kappa shape index (κ2) is 6.95. The summed E-state index contributed by atoms with van der Waals surface area (Å²) in [5.74, 6) is 1.98. The molecule has 2 aromatic carbocycles. The van der Waals surface area contributed by atoms with Crippen LogP contribution in [0.2, 0.25) is 0 Å². The molecule has 0 amide bonds. The van der Waals surface area contributed by atoms with Crippen molar-refractivity contribution < 1.29 is 4.74 Å². The van der Waals surface area contributed by atoms with Crippen LogP contribution in [0.15, 0.2) is 36.4 Å². The van der Waals surface area contributed by atoms with Gasteiger partial charge in [-0.05, 0) is 42.1 Å². The van der Waals surface area contributed by atoms with E-state index in [9.17, 15) is 0 Å². The van der Waals surface area contributed by atoms with Gasteiger partial charge in [0.2, 0.25) is 0 Å². The molecule has 0 heterocycles. The lowest BCUT2D eigenvalue weighted by molar-refractivity contribution is 0.299. The van der Waals surface area contributed by atoms with Gasteiger partial charge in [-0.25, -0.2) is 0 Å². The fourth-order valence-corrected chi connectivity index (χ4v) is 2.77. The summed E-state index contributed by atoms with van der Waals surface area (Å²) in [5, 5.41) is 6.12. The zero-order valence-corrected chi connectivity index (χ0v) is 12.9. The van der Waals surface area contributed by atoms with Crippen molar-refractivity contribution in [2.75, 3.05) is 13.2 Å². The molecule has 0 unspecified atom stereocenters. The Morgan fingerprint density at radius 2 is 2.00 bits per heavy atom. The molecule has 3 rings (SSSR count). The zero-order chi connectivity index (χ0) is 14.5. The molecule has 112 valence electrons. The van der Waals surface area contributed by atoms with Crippen LogP contribution in [0.25, 0.3) is 10.8 Å². The Morgan fingerprint density at radius 3 is 2.81 bits per heavy atom. The summed E-state index contributed by atoms with van der Waals surface area (Å²) >= 11 is 0. The molecule has 1 aliphatic rings. The third-order valence-corrected chi connectivity index (χ3v) is 4.21. The van der Waals surface area contributed by atoms with Crippen molar-refractivity contribution in [2.45, 2.75) is 39.2 Å². The molecule has 0 aliphatic heterocycles. The number of rotatable bonds is 8. The molecule has 2 heteroatoms. The van der Waals surface area contributed by atoms with E-state index in [1.165, 1.54) is 35.6 Å². The van der Waals surface area contributed by atoms with Crippen LogP contribution in [0, 0.1) is 5.92 Å². The van der Waals surface area contributed by atoms with Gasteiger partial charge in [0.15, 0.2) is 0 Å². The number of hydrogen-bond donors (Lipinski definition) is 1. The molecule has 0 saturated heterocycles. The van der Waals surface area contributed by atoms with E-state index in [0.29, 0.717) is 0 Å². The molecule has 0 radical (unpaired) electrons. The highest BCUT2D eigenvalue weighted by Crippen LogP contribution is 2.33. The number of ether oxygens (including phenoxy) is 1. The SMILES string of the molecule is CCCNCc1c(OCCC2CC2)ccc2ccccc12. The van der Waals surface area contributed by atoms with Crippen LogP contribution in [0.3, 0.4) is 0 Å². The largest absolute Gasteiger partial charge is 0.493 e. The van der Waals surface area contributed by atoms with E-state index in [0.717, 1.165) is 37.8 Å². The third-order valence-electron chi connectivity index (χ3n) is 4.21. The van der Waals surface area contributed by atoms with Crippen molar-refractivity contribution in [2.24, 2.45) is 5.92 Å². The van der Waals surface area contributed by atoms with Crippen molar-refractivity contribution in [3.8, 4) is 5.75 Å². The fraction of sp³-hybridized carbons (Fsp3) is 0.474. The standard InChI is InChI=1S/C19H25NO/c1-2-12-20-14-18-17-6-4-3-5-16(17)9-10-19(18)21-13-11-15-7-8-15/h3-6,9-10,15,20H,2,7-8,11-14H2,1H3. The van der Waals surface area contributed by atoms with E-state index in [1.54, 1.807) is 0 Å². The fourth-order valence-electron chi connectivity index (χ4n) is 2.77. The first-order valence-electron chi connectivity index (χ1n) is 8.22. The van der Waals surface area contributed by atoms with Crippen LogP contribution < -0.4 is 10.1 Å². The minimum atomic E-state index is 0.851. The predicted octanol–water partition coefficient (Wildman–Crippen LogP) is 4.52. The lowest BCUT2D eigenvalue weighted by Crippen LogP contribution is -2.15. The van der Waals surface area contributed by atoms with Crippen molar-refractivity contribution >= 4 is 10.8 Å². The van der Waals surface area contributed by atoms with Crippen molar-refractivity contribution in [3.05, 3.63) is 42.0 Å². The second-order valence-electron chi connectivity index (χ2n) is 6.02. The van der Waals surface area contributed by atoms with Gasteiger partial charge >= 0.3 is 0 Å². The van der Waals surface area contributed by atoms with E-state index >= 15 is 0 Å². The number of hydrogen-bond acceptors (Lipinski definition) is 2. The van der Waals surface area contributed by atoms with Crippen molar-refractivity contribution in [1.82, 2.24) is 5.32 Å². The Morgan fingerprint density at radius 1 is 1.14 bits per heavy atom. The topological polar surface area (TPSA) is 21.3 Å². The monoisotopic (exact) mass is 283 g/mol. The van der Waals surface area contributed by atoms with E-state index in [4.69, 9.17) is 4.74 Å². The second-order valence-corrected chi connectivity index (χ2v) is 6.02. The molecule has 2 aromatic rings. The first kappa shape index (κ1) is 14.4. The maximum atomic E-state index is 6.09. The van der Waals surface area contributed by atoms with Gasteiger partial charge in [0, 0.05) is 12.1 Å². The summed E-state index contributed by atoms with van der Waals surface area (Å²) in [7, 11) is 0. The summed E-state index contributed by atoms with van der Waals surface area (Å²) in [5.41, 5.74) is 1.30. The molecular weight excluding hydrogens is 258 g/mol. The molecule has 1 fully saturated rings. The molecular formula is C19H25NO. The van der Waals surface area contributed by atoms with Gasteiger partial charge in [-0.1, -0.05) is 50.1 Å². The predicted molar refractivity (Wildman–Crippen MR) is 88.8 cm³/mol. The highest BCUT2D eigenvalue weighted by molar-refractivity contribution is 5.87. The quantitative estimate of drug-likeness (QED) is 0.719. The smallest absolute Gasteiger partial charge is 0.124 e. The zero-order valence-electron chi connectivity index (χ0n) is 12.9. The molecule has 1 N–H and O–H groups in total. The molecule has 1 aliphatic carbocycles. The first-order chi connectivity index (χ1) is 10.4. The van der Waals surface area contributed by atoms with E-state index < -0.39 is 0 Å². The Bertz CT molecular complexity index is 589.